The van der Waals surface area contributed by atoms with Crippen molar-refractivity contribution in [1.82, 2.24) is 9.80 Å². The summed E-state index contributed by atoms with van der Waals surface area (Å²) < 4.78 is 19.0. The molecular formula is C19H25FN2O2. The molecule has 1 amide bonds. The van der Waals surface area contributed by atoms with Gasteiger partial charge < -0.3 is 9.64 Å². The van der Waals surface area contributed by atoms with Crippen molar-refractivity contribution in [2.45, 2.75) is 31.2 Å². The number of rotatable bonds is 3. The molecule has 0 aromatic heterocycles. The summed E-state index contributed by atoms with van der Waals surface area (Å²) in [7, 11) is 0. The molecule has 1 aromatic rings. The Balaban J connectivity index is 1.49. The van der Waals surface area contributed by atoms with Gasteiger partial charge in [0.15, 0.2) is 0 Å². The van der Waals surface area contributed by atoms with Gasteiger partial charge in [0.2, 0.25) is 5.91 Å². The van der Waals surface area contributed by atoms with Crippen LogP contribution < -0.4 is 0 Å². The van der Waals surface area contributed by atoms with E-state index in [9.17, 15) is 9.18 Å². The van der Waals surface area contributed by atoms with Crippen LogP contribution in [0.1, 0.15) is 25.3 Å². The molecule has 5 heteroatoms. The summed E-state index contributed by atoms with van der Waals surface area (Å²) in [6, 6.07) is 7.00. The maximum absolute atomic E-state index is 13.6. The Bertz CT molecular complexity index is 626. The molecule has 0 radical (unpaired) electrons. The SMILES string of the molecule is C[C@@H]1CN(C(=O)C2(c3cccc(F)c3)CC2)C[C@@H]1N1CCOCC1. The van der Waals surface area contributed by atoms with E-state index in [2.05, 4.69) is 11.8 Å². The number of likely N-dealkylation sites (tertiary alicyclic amines) is 1. The highest BCUT2D eigenvalue weighted by Gasteiger charge is 2.54. The third-order valence-corrected chi connectivity index (χ3v) is 5.91. The van der Waals surface area contributed by atoms with Crippen LogP contribution in [-0.4, -0.2) is 61.1 Å². The normalized spacial score (nSPS) is 29.7. The van der Waals surface area contributed by atoms with Gasteiger partial charge in [0.1, 0.15) is 5.82 Å². The average Bonchev–Trinajstić information content (AvgIpc) is 3.32. The fraction of sp³-hybridized carbons (Fsp3) is 0.632. The van der Waals surface area contributed by atoms with Gasteiger partial charge in [0.25, 0.3) is 0 Å². The molecule has 0 bridgehead atoms. The van der Waals surface area contributed by atoms with Crippen LogP contribution in [-0.2, 0) is 14.9 Å². The van der Waals surface area contributed by atoms with Gasteiger partial charge >= 0.3 is 0 Å². The Kier molecular flexibility index (Phi) is 4.09. The summed E-state index contributed by atoms with van der Waals surface area (Å²) in [4.78, 5) is 17.7. The number of carbonyl (C=O) groups excluding carboxylic acids is 1. The molecule has 2 saturated heterocycles. The molecule has 4 rings (SSSR count). The zero-order valence-electron chi connectivity index (χ0n) is 14.2. The first-order valence-corrected chi connectivity index (χ1v) is 8.97. The Hall–Kier alpha value is -1.46. The van der Waals surface area contributed by atoms with Crippen molar-refractivity contribution in [2.24, 2.45) is 5.92 Å². The first-order valence-electron chi connectivity index (χ1n) is 8.97. The van der Waals surface area contributed by atoms with Gasteiger partial charge in [-0.15, -0.1) is 0 Å². The largest absolute Gasteiger partial charge is 0.379 e. The standard InChI is InChI=1S/C19H25FN2O2/c1-14-12-22(13-17(14)21-7-9-24-10-8-21)18(23)19(5-6-19)15-3-2-4-16(20)11-15/h2-4,11,14,17H,5-10,12-13H2,1H3/t14-,17+/m1/s1. The summed E-state index contributed by atoms with van der Waals surface area (Å²) in [5, 5.41) is 0. The van der Waals surface area contributed by atoms with Crippen LogP contribution >= 0.6 is 0 Å². The lowest BCUT2D eigenvalue weighted by atomic mass is 9.94. The van der Waals surface area contributed by atoms with Crippen LogP contribution in [0, 0.1) is 11.7 Å². The second-order valence-electron chi connectivity index (χ2n) is 7.50. The molecular weight excluding hydrogens is 307 g/mol. The molecule has 4 nitrogen and oxygen atoms in total. The first kappa shape index (κ1) is 16.0. The van der Waals surface area contributed by atoms with E-state index in [4.69, 9.17) is 4.74 Å². The minimum atomic E-state index is -0.471. The van der Waals surface area contributed by atoms with Gasteiger partial charge in [-0.2, -0.15) is 0 Å². The second kappa shape index (κ2) is 6.12. The molecule has 2 atom stereocenters. The monoisotopic (exact) mass is 332 g/mol. The third kappa shape index (κ3) is 2.74. The van der Waals surface area contributed by atoms with Crippen molar-refractivity contribution in [2.75, 3.05) is 39.4 Å². The van der Waals surface area contributed by atoms with Gasteiger partial charge in [-0.1, -0.05) is 19.1 Å². The molecule has 0 N–H and O–H groups in total. The van der Waals surface area contributed by atoms with E-state index in [1.54, 1.807) is 6.07 Å². The molecule has 2 heterocycles. The average molecular weight is 332 g/mol. The second-order valence-corrected chi connectivity index (χ2v) is 7.50. The third-order valence-electron chi connectivity index (χ3n) is 5.91. The van der Waals surface area contributed by atoms with E-state index < -0.39 is 5.41 Å². The number of carbonyl (C=O) groups is 1. The Morgan fingerprint density at radius 2 is 2.00 bits per heavy atom. The van der Waals surface area contributed by atoms with Crippen LogP contribution in [0.2, 0.25) is 0 Å². The highest BCUT2D eigenvalue weighted by atomic mass is 19.1. The Morgan fingerprint density at radius 3 is 2.67 bits per heavy atom. The molecule has 0 unspecified atom stereocenters. The van der Waals surface area contributed by atoms with Crippen molar-refractivity contribution >= 4 is 5.91 Å². The molecule has 130 valence electrons. The van der Waals surface area contributed by atoms with Gasteiger partial charge in [-0.05, 0) is 36.5 Å². The molecule has 3 aliphatic rings. The van der Waals surface area contributed by atoms with Crippen LogP contribution in [0.5, 0.6) is 0 Å². The minimum absolute atomic E-state index is 0.190. The number of halogens is 1. The van der Waals surface area contributed by atoms with E-state index in [1.807, 2.05) is 11.0 Å². The van der Waals surface area contributed by atoms with E-state index in [0.29, 0.717) is 12.0 Å². The fourth-order valence-corrected chi connectivity index (χ4v) is 4.34. The molecule has 1 aliphatic carbocycles. The van der Waals surface area contributed by atoms with Gasteiger partial charge in [-0.3, -0.25) is 9.69 Å². The fourth-order valence-electron chi connectivity index (χ4n) is 4.34. The van der Waals surface area contributed by atoms with E-state index >= 15 is 0 Å². The van der Waals surface area contributed by atoms with Crippen LogP contribution in [0.15, 0.2) is 24.3 Å². The van der Waals surface area contributed by atoms with E-state index in [-0.39, 0.29) is 11.7 Å². The van der Waals surface area contributed by atoms with Crippen molar-refractivity contribution < 1.29 is 13.9 Å². The number of benzene rings is 1. The summed E-state index contributed by atoms with van der Waals surface area (Å²) in [6.45, 7) is 7.29. The molecule has 0 spiro atoms. The summed E-state index contributed by atoms with van der Waals surface area (Å²) in [6.07, 6.45) is 1.67. The van der Waals surface area contributed by atoms with Gasteiger partial charge in [0, 0.05) is 32.2 Å². The van der Waals surface area contributed by atoms with Crippen molar-refractivity contribution in [1.29, 1.82) is 0 Å². The Labute approximate surface area is 142 Å². The topological polar surface area (TPSA) is 32.8 Å². The summed E-state index contributed by atoms with van der Waals surface area (Å²) >= 11 is 0. The van der Waals surface area contributed by atoms with Gasteiger partial charge in [-0.25, -0.2) is 4.39 Å². The lowest BCUT2D eigenvalue weighted by Gasteiger charge is -2.34. The highest BCUT2D eigenvalue weighted by molar-refractivity contribution is 5.91. The number of amides is 1. The van der Waals surface area contributed by atoms with Crippen molar-refractivity contribution in [3.63, 3.8) is 0 Å². The summed E-state index contributed by atoms with van der Waals surface area (Å²) in [5.74, 6) is 0.402. The predicted octanol–water partition coefficient (Wildman–Crippen LogP) is 2.04. The molecule has 24 heavy (non-hydrogen) atoms. The zero-order chi connectivity index (χ0) is 16.7. The van der Waals surface area contributed by atoms with Gasteiger partial charge in [0.05, 0.1) is 18.6 Å². The quantitative estimate of drug-likeness (QED) is 0.849. The van der Waals surface area contributed by atoms with Crippen LogP contribution in [0.25, 0.3) is 0 Å². The zero-order valence-corrected chi connectivity index (χ0v) is 14.2. The number of hydrogen-bond donors (Lipinski definition) is 0. The van der Waals surface area contributed by atoms with Crippen molar-refractivity contribution in [3.05, 3.63) is 35.6 Å². The maximum atomic E-state index is 13.6. The smallest absolute Gasteiger partial charge is 0.233 e. The first-order chi connectivity index (χ1) is 11.6. The number of hydrogen-bond acceptors (Lipinski definition) is 3. The highest BCUT2D eigenvalue weighted by Crippen LogP contribution is 2.50. The lowest BCUT2D eigenvalue weighted by Crippen LogP contribution is -2.47. The number of morpholine rings is 1. The van der Waals surface area contributed by atoms with Crippen molar-refractivity contribution in [3.8, 4) is 0 Å². The maximum Gasteiger partial charge on any atom is 0.233 e. The molecule has 2 aliphatic heterocycles. The van der Waals surface area contributed by atoms with Crippen LogP contribution in [0.4, 0.5) is 4.39 Å². The van der Waals surface area contributed by atoms with E-state index in [1.165, 1.54) is 12.1 Å². The molecule has 3 fully saturated rings. The van der Waals surface area contributed by atoms with Crippen LogP contribution in [0.3, 0.4) is 0 Å². The van der Waals surface area contributed by atoms with E-state index in [0.717, 1.165) is 57.8 Å². The predicted molar refractivity (Wildman–Crippen MR) is 89.2 cm³/mol. The summed E-state index contributed by atoms with van der Waals surface area (Å²) in [5.41, 5.74) is 0.372. The number of ether oxygens (including phenoxy) is 1. The molecule has 1 aromatic carbocycles. The Morgan fingerprint density at radius 1 is 1.25 bits per heavy atom. The lowest BCUT2D eigenvalue weighted by molar-refractivity contribution is -0.133. The number of nitrogens with zero attached hydrogens (tertiary/aromatic N) is 2. The minimum Gasteiger partial charge on any atom is -0.379 e. The molecule has 1 saturated carbocycles.